The summed E-state index contributed by atoms with van der Waals surface area (Å²) < 4.78 is 17.5. The second kappa shape index (κ2) is 6.07. The van der Waals surface area contributed by atoms with E-state index in [1.807, 2.05) is 0 Å². The molecule has 4 nitrogen and oxygen atoms in total. The van der Waals surface area contributed by atoms with Crippen molar-refractivity contribution in [2.75, 3.05) is 6.61 Å². The van der Waals surface area contributed by atoms with Gasteiger partial charge in [0.05, 0.1) is 0 Å². The van der Waals surface area contributed by atoms with Crippen LogP contribution in [0, 0.1) is 0 Å². The van der Waals surface area contributed by atoms with E-state index < -0.39 is 5.97 Å². The maximum absolute atomic E-state index is 10.2. The Bertz CT molecular complexity index is 144. The van der Waals surface area contributed by atoms with Gasteiger partial charge in [0.15, 0.2) is 0 Å². The van der Waals surface area contributed by atoms with Crippen LogP contribution in [0.15, 0.2) is 12.2 Å². The van der Waals surface area contributed by atoms with Crippen molar-refractivity contribution in [1.82, 2.24) is 0 Å². The van der Waals surface area contributed by atoms with Crippen LogP contribution >= 0.6 is 0 Å². The third kappa shape index (κ3) is 5.08. The van der Waals surface area contributed by atoms with E-state index in [2.05, 4.69) is 17.4 Å². The standard InChI is InChI=1S/C4H4B2O4/c5-10-4(7)2-1-3-9-6-8/h1-2H,3H2/b2-1+. The van der Waals surface area contributed by atoms with Gasteiger partial charge in [-0.1, -0.05) is 0 Å². The molecule has 6 heteroatoms. The minimum absolute atomic E-state index is 0.0403. The molecule has 0 aromatic carbocycles. The molecule has 10 heavy (non-hydrogen) atoms. The van der Waals surface area contributed by atoms with E-state index in [-0.39, 0.29) is 14.0 Å². The van der Waals surface area contributed by atoms with Gasteiger partial charge in [-0.05, 0) is 0 Å². The summed E-state index contributed by atoms with van der Waals surface area (Å²) in [6.45, 7) is 0.0403. The Morgan fingerprint density at radius 2 is 2.40 bits per heavy atom. The number of carbonyl (C=O) groups is 1. The summed E-state index contributed by atoms with van der Waals surface area (Å²) in [5, 5.41) is 0. The molecule has 0 N–H and O–H groups in total. The van der Waals surface area contributed by atoms with Crippen LogP contribution in [0.5, 0.6) is 0 Å². The zero-order chi connectivity index (χ0) is 7.82. The third-order valence-corrected chi connectivity index (χ3v) is 0.631. The molecule has 0 atom stereocenters. The third-order valence-electron chi connectivity index (χ3n) is 0.631. The Kier molecular flexibility index (Phi) is 5.42. The topological polar surface area (TPSA) is 52.6 Å². The molecule has 0 aromatic heterocycles. The van der Waals surface area contributed by atoms with Crippen LogP contribution in [-0.2, 0) is 18.8 Å². The maximum atomic E-state index is 10.2. The molecule has 0 amide bonds. The summed E-state index contributed by atoms with van der Waals surface area (Å²) in [4.78, 5) is 10.2. The second-order valence-electron chi connectivity index (χ2n) is 1.27. The molecule has 0 aliphatic carbocycles. The molecule has 0 bridgehead atoms. The predicted octanol–water partition coefficient (Wildman–Crippen LogP) is -0.849. The second-order valence-corrected chi connectivity index (χ2v) is 1.27. The SMILES string of the molecule is [B]OC(=O)/C=C/COB=O. The van der Waals surface area contributed by atoms with E-state index in [1.54, 1.807) is 0 Å². The van der Waals surface area contributed by atoms with Crippen LogP contribution in [-0.4, -0.2) is 28.0 Å². The van der Waals surface area contributed by atoms with Gasteiger partial charge in [-0.15, -0.1) is 0 Å². The average molecular weight is 138 g/mol. The number of hydrogen-bond acceptors (Lipinski definition) is 4. The number of hydrogen-bond donors (Lipinski definition) is 0. The molecule has 0 aromatic rings. The Hall–Kier alpha value is -1.06. The Balaban J connectivity index is 3.35. The summed E-state index contributed by atoms with van der Waals surface area (Å²) in [5.74, 6) is -0.686. The Labute approximate surface area is 59.9 Å². The van der Waals surface area contributed by atoms with Crippen LogP contribution in [0.2, 0.25) is 0 Å². The molecule has 0 fully saturated rings. The summed E-state index contributed by atoms with van der Waals surface area (Å²) in [7, 11) is 4.75. The first kappa shape index (κ1) is 8.94. The van der Waals surface area contributed by atoms with Crippen molar-refractivity contribution < 1.29 is 18.8 Å². The van der Waals surface area contributed by atoms with Gasteiger partial charge in [-0.3, -0.25) is 0 Å². The fourth-order valence-corrected chi connectivity index (χ4v) is 0.278. The fraction of sp³-hybridized carbons (Fsp3) is 0.250. The van der Waals surface area contributed by atoms with Crippen molar-refractivity contribution in [3.05, 3.63) is 12.2 Å². The first-order valence-corrected chi connectivity index (χ1v) is 2.43. The quantitative estimate of drug-likeness (QED) is 0.288. The van der Waals surface area contributed by atoms with E-state index in [1.165, 1.54) is 6.08 Å². The molecule has 0 saturated carbocycles. The fourth-order valence-electron chi connectivity index (χ4n) is 0.278. The number of carbonyl (C=O) groups excluding carboxylic acids is 1. The van der Waals surface area contributed by atoms with Crippen molar-refractivity contribution in [3.8, 4) is 0 Å². The average Bonchev–Trinajstić information content (AvgIpc) is 1.98. The molecule has 0 spiro atoms. The molecule has 0 unspecified atom stereocenters. The van der Waals surface area contributed by atoms with Crippen LogP contribution in [0.4, 0.5) is 0 Å². The van der Waals surface area contributed by atoms with Crippen LogP contribution < -0.4 is 0 Å². The molecular weight excluding hydrogens is 134 g/mol. The summed E-state index contributed by atoms with van der Waals surface area (Å²) in [6.07, 6.45) is 2.37. The summed E-state index contributed by atoms with van der Waals surface area (Å²) in [6, 6.07) is 0. The molecule has 0 saturated heterocycles. The molecule has 50 valence electrons. The minimum atomic E-state index is -0.686. The van der Waals surface area contributed by atoms with Gasteiger partial charge in [-0.25, -0.2) is 0 Å². The summed E-state index contributed by atoms with van der Waals surface area (Å²) >= 11 is 0. The molecule has 0 heterocycles. The van der Waals surface area contributed by atoms with Gasteiger partial charge in [0.25, 0.3) is 0 Å². The Morgan fingerprint density at radius 1 is 1.70 bits per heavy atom. The Morgan fingerprint density at radius 3 is 2.90 bits per heavy atom. The van der Waals surface area contributed by atoms with Gasteiger partial charge in [0.1, 0.15) is 0 Å². The first-order chi connectivity index (χ1) is 4.81. The molecule has 0 rings (SSSR count). The van der Waals surface area contributed by atoms with Crippen molar-refractivity contribution in [2.24, 2.45) is 0 Å². The van der Waals surface area contributed by atoms with Crippen LogP contribution in [0.3, 0.4) is 0 Å². The molecule has 0 aliphatic rings. The zero-order valence-corrected chi connectivity index (χ0v) is 5.15. The van der Waals surface area contributed by atoms with E-state index >= 15 is 0 Å². The molecule has 0 aliphatic heterocycles. The monoisotopic (exact) mass is 138 g/mol. The normalized spacial score (nSPS) is 8.80. The summed E-state index contributed by atoms with van der Waals surface area (Å²) in [5.41, 5.74) is 0. The molecular formula is C4H4B2O4. The van der Waals surface area contributed by atoms with Gasteiger partial charge in [0.2, 0.25) is 0 Å². The van der Waals surface area contributed by atoms with E-state index in [0.29, 0.717) is 0 Å². The molecule has 2 radical (unpaired) electrons. The van der Waals surface area contributed by atoms with Gasteiger partial charge in [-0.2, -0.15) is 0 Å². The van der Waals surface area contributed by atoms with Gasteiger partial charge < -0.3 is 0 Å². The number of rotatable bonds is 4. The van der Waals surface area contributed by atoms with Crippen molar-refractivity contribution in [3.63, 3.8) is 0 Å². The van der Waals surface area contributed by atoms with E-state index in [4.69, 9.17) is 0 Å². The van der Waals surface area contributed by atoms with Crippen LogP contribution in [0.1, 0.15) is 0 Å². The predicted molar refractivity (Wildman–Crippen MR) is 33.4 cm³/mol. The van der Waals surface area contributed by atoms with E-state index in [9.17, 15) is 9.50 Å². The van der Waals surface area contributed by atoms with Gasteiger partial charge >= 0.3 is 58.9 Å². The van der Waals surface area contributed by atoms with Gasteiger partial charge in [0, 0.05) is 0 Å². The van der Waals surface area contributed by atoms with Crippen molar-refractivity contribution >= 4 is 21.4 Å². The van der Waals surface area contributed by atoms with Crippen molar-refractivity contribution in [2.45, 2.75) is 0 Å². The van der Waals surface area contributed by atoms with E-state index in [0.717, 1.165) is 6.08 Å². The van der Waals surface area contributed by atoms with Crippen molar-refractivity contribution in [1.29, 1.82) is 0 Å². The van der Waals surface area contributed by atoms with Crippen LogP contribution in [0.25, 0.3) is 0 Å². The first-order valence-electron chi connectivity index (χ1n) is 2.43. The zero-order valence-electron chi connectivity index (χ0n) is 5.15.